The second kappa shape index (κ2) is 6.67. The summed E-state index contributed by atoms with van der Waals surface area (Å²) in [7, 11) is 0. The highest BCUT2D eigenvalue weighted by molar-refractivity contribution is 9.10. The van der Waals surface area contributed by atoms with E-state index in [0.717, 1.165) is 10.5 Å². The first-order valence-electron chi connectivity index (χ1n) is 5.82. The zero-order valence-corrected chi connectivity index (χ0v) is 13.1. The summed E-state index contributed by atoms with van der Waals surface area (Å²) >= 11 is 4.57. The predicted molar refractivity (Wildman–Crippen MR) is 81.4 cm³/mol. The molecule has 1 unspecified atom stereocenters. The van der Waals surface area contributed by atoms with Crippen LogP contribution in [0.1, 0.15) is 17.2 Å². The molecule has 0 radical (unpaired) electrons. The number of halogens is 3. The van der Waals surface area contributed by atoms with E-state index in [2.05, 4.69) is 21.4 Å². The molecule has 0 saturated heterocycles. The molecule has 0 fully saturated rings. The minimum absolute atomic E-state index is 0.0941. The van der Waals surface area contributed by atoms with Crippen LogP contribution in [0.25, 0.3) is 0 Å². The molecule has 0 aromatic heterocycles. The van der Waals surface area contributed by atoms with Crippen LogP contribution >= 0.6 is 27.7 Å². The largest absolute Gasteiger partial charge is 0.271 e. The van der Waals surface area contributed by atoms with Gasteiger partial charge in [0, 0.05) is 10.5 Å². The van der Waals surface area contributed by atoms with Gasteiger partial charge < -0.3 is 0 Å². The molecular formula is C14H13BrF2N2S. The van der Waals surface area contributed by atoms with Gasteiger partial charge in [0.1, 0.15) is 11.6 Å². The Morgan fingerprint density at radius 2 is 1.90 bits per heavy atom. The molecule has 0 aliphatic rings. The Kier molecular flexibility index (Phi) is 5.15. The average molecular weight is 359 g/mol. The fraction of sp³-hybridized carbons (Fsp3) is 0.143. The first-order chi connectivity index (χ1) is 9.60. The van der Waals surface area contributed by atoms with Crippen LogP contribution in [-0.4, -0.2) is 6.26 Å². The van der Waals surface area contributed by atoms with Crippen LogP contribution in [0.2, 0.25) is 0 Å². The molecule has 0 amide bonds. The predicted octanol–water partition coefficient (Wildman–Crippen LogP) is 4.00. The van der Waals surface area contributed by atoms with Gasteiger partial charge in [0.05, 0.1) is 10.5 Å². The lowest BCUT2D eigenvalue weighted by atomic mass is 9.98. The standard InChI is InChI=1S/C14H13BrF2N2S/c1-20-11-5-3-2-4-8(11)14(19-18)12-10(16)7-6-9(15)13(12)17/h2-7,14,19H,18H2,1H3. The number of hydrogen-bond acceptors (Lipinski definition) is 3. The van der Waals surface area contributed by atoms with Crippen molar-refractivity contribution in [2.75, 3.05) is 6.26 Å². The van der Waals surface area contributed by atoms with E-state index < -0.39 is 17.7 Å². The molecule has 106 valence electrons. The summed E-state index contributed by atoms with van der Waals surface area (Å²) in [5.74, 6) is 4.26. The lowest BCUT2D eigenvalue weighted by Gasteiger charge is -2.21. The van der Waals surface area contributed by atoms with E-state index in [9.17, 15) is 8.78 Å². The maximum Gasteiger partial charge on any atom is 0.145 e. The summed E-state index contributed by atoms with van der Waals surface area (Å²) in [5, 5.41) is 0. The maximum atomic E-state index is 14.2. The topological polar surface area (TPSA) is 38.0 Å². The van der Waals surface area contributed by atoms with Crippen molar-refractivity contribution in [2.24, 2.45) is 5.84 Å². The number of nitrogens with two attached hydrogens (primary N) is 1. The molecule has 0 aliphatic carbocycles. The number of benzene rings is 2. The van der Waals surface area contributed by atoms with Gasteiger partial charge in [0.15, 0.2) is 0 Å². The van der Waals surface area contributed by atoms with Crippen LogP contribution < -0.4 is 11.3 Å². The summed E-state index contributed by atoms with van der Waals surface area (Å²) < 4.78 is 28.5. The van der Waals surface area contributed by atoms with Gasteiger partial charge in [0.2, 0.25) is 0 Å². The molecular weight excluding hydrogens is 346 g/mol. The molecule has 1 atom stereocenters. The van der Waals surface area contributed by atoms with E-state index >= 15 is 0 Å². The van der Waals surface area contributed by atoms with Crippen LogP contribution in [0.5, 0.6) is 0 Å². The molecule has 3 N–H and O–H groups in total. The monoisotopic (exact) mass is 358 g/mol. The molecule has 2 aromatic carbocycles. The SMILES string of the molecule is CSc1ccccc1C(NN)c1c(F)ccc(Br)c1F. The lowest BCUT2D eigenvalue weighted by Crippen LogP contribution is -2.30. The number of rotatable bonds is 4. The van der Waals surface area contributed by atoms with Crippen LogP contribution in [0, 0.1) is 11.6 Å². The van der Waals surface area contributed by atoms with Crippen molar-refractivity contribution >= 4 is 27.7 Å². The number of thioether (sulfide) groups is 1. The van der Waals surface area contributed by atoms with Gasteiger partial charge >= 0.3 is 0 Å². The van der Waals surface area contributed by atoms with Crippen molar-refractivity contribution in [2.45, 2.75) is 10.9 Å². The molecule has 20 heavy (non-hydrogen) atoms. The Morgan fingerprint density at radius 3 is 2.55 bits per heavy atom. The van der Waals surface area contributed by atoms with Crippen molar-refractivity contribution in [3.05, 3.63) is 63.6 Å². The average Bonchev–Trinajstić information content (AvgIpc) is 2.47. The first kappa shape index (κ1) is 15.4. The molecule has 2 nitrogen and oxygen atoms in total. The van der Waals surface area contributed by atoms with E-state index in [1.165, 1.54) is 23.9 Å². The van der Waals surface area contributed by atoms with Gasteiger partial charge in [-0.25, -0.2) is 14.2 Å². The molecule has 0 saturated carbocycles. The third-order valence-electron chi connectivity index (χ3n) is 2.98. The van der Waals surface area contributed by atoms with E-state index in [-0.39, 0.29) is 10.0 Å². The third kappa shape index (κ3) is 2.88. The van der Waals surface area contributed by atoms with Gasteiger partial charge in [-0.1, -0.05) is 18.2 Å². The number of hydrazine groups is 1. The molecule has 0 aliphatic heterocycles. The zero-order valence-electron chi connectivity index (χ0n) is 10.7. The second-order valence-electron chi connectivity index (χ2n) is 4.10. The molecule has 2 aromatic rings. The highest BCUT2D eigenvalue weighted by Crippen LogP contribution is 2.34. The highest BCUT2D eigenvalue weighted by atomic mass is 79.9. The van der Waals surface area contributed by atoms with Crippen molar-refractivity contribution in [3.8, 4) is 0 Å². The van der Waals surface area contributed by atoms with Gasteiger partial charge in [-0.2, -0.15) is 0 Å². The van der Waals surface area contributed by atoms with Gasteiger partial charge in [-0.15, -0.1) is 11.8 Å². The van der Waals surface area contributed by atoms with E-state index in [4.69, 9.17) is 5.84 Å². The minimum Gasteiger partial charge on any atom is -0.271 e. The number of hydrogen-bond donors (Lipinski definition) is 2. The fourth-order valence-corrected chi connectivity index (χ4v) is 3.02. The van der Waals surface area contributed by atoms with Gasteiger partial charge in [0.25, 0.3) is 0 Å². The van der Waals surface area contributed by atoms with Crippen LogP contribution in [0.15, 0.2) is 45.8 Å². The quantitative estimate of drug-likeness (QED) is 0.375. The third-order valence-corrected chi connectivity index (χ3v) is 4.41. The van der Waals surface area contributed by atoms with Crippen molar-refractivity contribution in [1.82, 2.24) is 5.43 Å². The lowest BCUT2D eigenvalue weighted by molar-refractivity contribution is 0.504. The molecule has 6 heteroatoms. The smallest absolute Gasteiger partial charge is 0.145 e. The van der Waals surface area contributed by atoms with Gasteiger partial charge in [-0.3, -0.25) is 5.84 Å². The number of nitrogens with one attached hydrogen (secondary N) is 1. The molecule has 0 spiro atoms. The minimum atomic E-state index is -0.754. The van der Waals surface area contributed by atoms with Crippen LogP contribution in [-0.2, 0) is 0 Å². The van der Waals surface area contributed by atoms with Crippen molar-refractivity contribution < 1.29 is 8.78 Å². The zero-order chi connectivity index (χ0) is 14.7. The Hall–Kier alpha value is -0.950. The van der Waals surface area contributed by atoms with E-state index in [1.807, 2.05) is 24.5 Å². The summed E-state index contributed by atoms with van der Waals surface area (Å²) in [4.78, 5) is 0.911. The molecule has 2 rings (SSSR count). The van der Waals surface area contributed by atoms with E-state index in [0.29, 0.717) is 0 Å². The van der Waals surface area contributed by atoms with Crippen LogP contribution in [0.3, 0.4) is 0 Å². The van der Waals surface area contributed by atoms with E-state index in [1.54, 1.807) is 6.07 Å². The van der Waals surface area contributed by atoms with Crippen molar-refractivity contribution in [3.63, 3.8) is 0 Å². The molecule has 0 heterocycles. The van der Waals surface area contributed by atoms with Crippen molar-refractivity contribution in [1.29, 1.82) is 0 Å². The maximum absolute atomic E-state index is 14.2. The Balaban J connectivity index is 2.62. The summed E-state index contributed by atoms with van der Waals surface area (Å²) in [5.41, 5.74) is 3.14. The molecule has 0 bridgehead atoms. The first-order valence-corrected chi connectivity index (χ1v) is 7.84. The Morgan fingerprint density at radius 1 is 1.20 bits per heavy atom. The van der Waals surface area contributed by atoms with Gasteiger partial charge in [-0.05, 0) is 45.9 Å². The fourth-order valence-electron chi connectivity index (χ4n) is 2.04. The summed E-state index contributed by atoms with van der Waals surface area (Å²) in [6.07, 6.45) is 1.90. The highest BCUT2D eigenvalue weighted by Gasteiger charge is 2.24. The summed E-state index contributed by atoms with van der Waals surface area (Å²) in [6, 6.07) is 9.17. The normalized spacial score (nSPS) is 12.4. The second-order valence-corrected chi connectivity index (χ2v) is 5.80. The summed E-state index contributed by atoms with van der Waals surface area (Å²) in [6.45, 7) is 0. The van der Waals surface area contributed by atoms with Crippen LogP contribution in [0.4, 0.5) is 8.78 Å². The Bertz CT molecular complexity index is 622. The Labute approximate surface area is 128 Å².